The smallest absolute Gasteiger partial charge is 0.121 e. The Balaban J connectivity index is 1.85. The Hall–Kier alpha value is -1.65. The lowest BCUT2D eigenvalue weighted by Crippen LogP contribution is -2.03. The normalized spacial score (nSPS) is 17.1. The van der Waals surface area contributed by atoms with E-state index in [1.165, 1.54) is 5.56 Å². The van der Waals surface area contributed by atoms with Crippen LogP contribution >= 0.6 is 23.4 Å². The van der Waals surface area contributed by atoms with Crippen molar-refractivity contribution in [1.82, 2.24) is 9.55 Å². The van der Waals surface area contributed by atoms with Gasteiger partial charge in [0.25, 0.3) is 0 Å². The Bertz CT molecular complexity index is 813. The molecule has 1 aliphatic rings. The minimum atomic E-state index is 0.260. The second kappa shape index (κ2) is 4.97. The highest BCUT2D eigenvalue weighted by Crippen LogP contribution is 2.43. The molecule has 1 aliphatic heterocycles. The summed E-state index contributed by atoms with van der Waals surface area (Å²) in [7, 11) is 1.68. The average Bonchev–Trinajstić information content (AvgIpc) is 3.06. The fourth-order valence-corrected chi connectivity index (χ4v) is 4.09. The molecule has 0 spiro atoms. The van der Waals surface area contributed by atoms with Gasteiger partial charge in [-0.15, -0.1) is 11.8 Å². The fraction of sp³-hybridized carbons (Fsp3) is 0.188. The molecule has 0 saturated carbocycles. The third-order valence-corrected chi connectivity index (χ3v) is 5.21. The van der Waals surface area contributed by atoms with Gasteiger partial charge in [-0.05, 0) is 29.8 Å². The number of halogens is 1. The van der Waals surface area contributed by atoms with Crippen LogP contribution in [0.5, 0.6) is 5.75 Å². The van der Waals surface area contributed by atoms with E-state index in [9.17, 15) is 0 Å². The molecular formula is C16H13ClN2OS. The Morgan fingerprint density at radius 1 is 1.24 bits per heavy atom. The molecule has 0 N–H and O–H groups in total. The number of methoxy groups -OCH3 is 1. The van der Waals surface area contributed by atoms with Gasteiger partial charge in [0.05, 0.1) is 23.9 Å². The predicted molar refractivity (Wildman–Crippen MR) is 87.2 cm³/mol. The van der Waals surface area contributed by atoms with Crippen molar-refractivity contribution < 1.29 is 4.74 Å². The lowest BCUT2D eigenvalue weighted by Gasteiger charge is -2.14. The number of thioether (sulfide) groups is 1. The number of rotatable bonds is 2. The van der Waals surface area contributed by atoms with Crippen LogP contribution in [0.15, 0.2) is 42.5 Å². The number of nitrogens with zero attached hydrogens (tertiary/aromatic N) is 2. The molecule has 2 aromatic carbocycles. The molecular weight excluding hydrogens is 304 g/mol. The largest absolute Gasteiger partial charge is 0.497 e. The van der Waals surface area contributed by atoms with Gasteiger partial charge >= 0.3 is 0 Å². The summed E-state index contributed by atoms with van der Waals surface area (Å²) in [5, 5.41) is 1.03. The van der Waals surface area contributed by atoms with Gasteiger partial charge in [0.15, 0.2) is 0 Å². The van der Waals surface area contributed by atoms with Crippen molar-refractivity contribution in [2.45, 2.75) is 11.1 Å². The number of ether oxygens (including phenoxy) is 1. The van der Waals surface area contributed by atoms with E-state index in [1.807, 2.05) is 36.0 Å². The molecule has 3 aromatic rings. The first kappa shape index (κ1) is 13.0. The summed E-state index contributed by atoms with van der Waals surface area (Å²) in [5.74, 6) is 2.88. The minimum absolute atomic E-state index is 0.260. The monoisotopic (exact) mass is 316 g/mol. The quantitative estimate of drug-likeness (QED) is 0.697. The molecule has 4 rings (SSSR count). The molecule has 0 radical (unpaired) electrons. The summed E-state index contributed by atoms with van der Waals surface area (Å²) in [6, 6.07) is 14.1. The third-order valence-electron chi connectivity index (χ3n) is 3.73. The van der Waals surface area contributed by atoms with Crippen LogP contribution in [0.25, 0.3) is 11.0 Å². The van der Waals surface area contributed by atoms with Gasteiger partial charge in [0, 0.05) is 11.1 Å². The van der Waals surface area contributed by atoms with Crippen LogP contribution in [0.2, 0.25) is 5.02 Å². The van der Waals surface area contributed by atoms with E-state index in [1.54, 1.807) is 7.11 Å². The van der Waals surface area contributed by atoms with Gasteiger partial charge < -0.3 is 9.30 Å². The topological polar surface area (TPSA) is 27.1 Å². The van der Waals surface area contributed by atoms with Crippen LogP contribution in [0.1, 0.15) is 16.8 Å². The zero-order valence-electron chi connectivity index (χ0n) is 11.4. The lowest BCUT2D eigenvalue weighted by molar-refractivity contribution is 0.415. The molecule has 0 amide bonds. The van der Waals surface area contributed by atoms with Gasteiger partial charge in [-0.25, -0.2) is 4.98 Å². The SMILES string of the molecule is COc1ccc2c(c1)nc1n2C(c2ccc(Cl)cc2)SC1. The molecule has 0 fully saturated rings. The Kier molecular flexibility index (Phi) is 3.08. The van der Waals surface area contributed by atoms with E-state index < -0.39 is 0 Å². The summed E-state index contributed by atoms with van der Waals surface area (Å²) in [6.45, 7) is 0. The van der Waals surface area contributed by atoms with E-state index in [4.69, 9.17) is 21.3 Å². The molecule has 21 heavy (non-hydrogen) atoms. The Morgan fingerprint density at radius 2 is 2.05 bits per heavy atom. The van der Waals surface area contributed by atoms with E-state index in [2.05, 4.69) is 22.8 Å². The van der Waals surface area contributed by atoms with Crippen molar-refractivity contribution >= 4 is 34.4 Å². The molecule has 1 aromatic heterocycles. The zero-order chi connectivity index (χ0) is 14.4. The number of fused-ring (bicyclic) bond motifs is 3. The van der Waals surface area contributed by atoms with E-state index in [0.717, 1.165) is 33.4 Å². The summed E-state index contributed by atoms with van der Waals surface area (Å²) < 4.78 is 7.59. The van der Waals surface area contributed by atoms with Crippen molar-refractivity contribution in [3.8, 4) is 5.75 Å². The van der Waals surface area contributed by atoms with Crippen LogP contribution in [0.3, 0.4) is 0 Å². The summed E-state index contributed by atoms with van der Waals surface area (Å²) >= 11 is 7.87. The maximum atomic E-state index is 5.99. The van der Waals surface area contributed by atoms with Crippen LogP contribution in [-0.4, -0.2) is 16.7 Å². The molecule has 5 heteroatoms. The van der Waals surface area contributed by atoms with Crippen molar-refractivity contribution in [3.05, 3.63) is 58.9 Å². The Labute approximate surface area is 131 Å². The Morgan fingerprint density at radius 3 is 2.81 bits per heavy atom. The highest BCUT2D eigenvalue weighted by molar-refractivity contribution is 7.99. The first-order chi connectivity index (χ1) is 10.3. The van der Waals surface area contributed by atoms with E-state index >= 15 is 0 Å². The van der Waals surface area contributed by atoms with Gasteiger partial charge in [-0.1, -0.05) is 23.7 Å². The standard InChI is InChI=1S/C16H13ClN2OS/c1-20-12-6-7-14-13(8-12)18-15-9-21-16(19(14)15)10-2-4-11(17)5-3-10/h2-8,16H,9H2,1H3. The minimum Gasteiger partial charge on any atom is -0.497 e. The van der Waals surface area contributed by atoms with Crippen molar-refractivity contribution in [2.75, 3.05) is 7.11 Å². The number of aromatic nitrogens is 2. The molecule has 1 atom stereocenters. The van der Waals surface area contributed by atoms with E-state index in [0.29, 0.717) is 0 Å². The fourth-order valence-electron chi connectivity index (χ4n) is 2.72. The van der Waals surface area contributed by atoms with Gasteiger partial charge in [0.1, 0.15) is 16.9 Å². The van der Waals surface area contributed by atoms with Crippen molar-refractivity contribution in [2.24, 2.45) is 0 Å². The average molecular weight is 317 g/mol. The van der Waals surface area contributed by atoms with Crippen LogP contribution in [0, 0.1) is 0 Å². The zero-order valence-corrected chi connectivity index (χ0v) is 13.0. The molecule has 106 valence electrons. The number of hydrogen-bond acceptors (Lipinski definition) is 3. The first-order valence-corrected chi connectivity index (χ1v) is 8.11. The molecule has 3 nitrogen and oxygen atoms in total. The maximum absolute atomic E-state index is 5.99. The summed E-state index contributed by atoms with van der Waals surface area (Å²) in [5.41, 5.74) is 3.39. The van der Waals surface area contributed by atoms with Crippen molar-refractivity contribution in [1.29, 1.82) is 0 Å². The molecule has 0 saturated heterocycles. The molecule has 2 heterocycles. The molecule has 0 aliphatic carbocycles. The molecule has 1 unspecified atom stereocenters. The summed E-state index contributed by atoms with van der Waals surface area (Å²) in [4.78, 5) is 4.73. The van der Waals surface area contributed by atoms with Gasteiger partial charge in [0.2, 0.25) is 0 Å². The maximum Gasteiger partial charge on any atom is 0.121 e. The highest BCUT2D eigenvalue weighted by Gasteiger charge is 2.27. The highest BCUT2D eigenvalue weighted by atomic mass is 35.5. The second-order valence-corrected chi connectivity index (χ2v) is 6.47. The van der Waals surface area contributed by atoms with E-state index in [-0.39, 0.29) is 5.37 Å². The van der Waals surface area contributed by atoms with Gasteiger partial charge in [-0.3, -0.25) is 0 Å². The van der Waals surface area contributed by atoms with Crippen molar-refractivity contribution in [3.63, 3.8) is 0 Å². The van der Waals surface area contributed by atoms with Crippen LogP contribution < -0.4 is 4.74 Å². The first-order valence-electron chi connectivity index (χ1n) is 6.68. The van der Waals surface area contributed by atoms with Crippen LogP contribution in [0.4, 0.5) is 0 Å². The van der Waals surface area contributed by atoms with Gasteiger partial charge in [-0.2, -0.15) is 0 Å². The number of benzene rings is 2. The summed E-state index contributed by atoms with van der Waals surface area (Å²) in [6.07, 6.45) is 0. The van der Waals surface area contributed by atoms with Crippen LogP contribution in [-0.2, 0) is 5.75 Å². The predicted octanol–water partition coefficient (Wildman–Crippen LogP) is 4.49. The second-order valence-electron chi connectivity index (χ2n) is 4.97. The number of imidazole rings is 1. The number of hydrogen-bond donors (Lipinski definition) is 0. The third kappa shape index (κ3) is 2.10. The lowest BCUT2D eigenvalue weighted by atomic mass is 10.2. The molecule has 0 bridgehead atoms.